The lowest BCUT2D eigenvalue weighted by Crippen LogP contribution is -2.36. The van der Waals surface area contributed by atoms with Crippen LogP contribution in [0.25, 0.3) is 0 Å². The van der Waals surface area contributed by atoms with Crippen LogP contribution in [-0.4, -0.2) is 36.5 Å². The first kappa shape index (κ1) is 20.7. The van der Waals surface area contributed by atoms with Crippen molar-refractivity contribution < 1.29 is 30.0 Å². The molecule has 0 aromatic heterocycles. The van der Waals surface area contributed by atoms with Gasteiger partial charge in [-0.3, -0.25) is 4.79 Å². The van der Waals surface area contributed by atoms with Gasteiger partial charge in [0.2, 0.25) is 0 Å². The number of rotatable bonds is 7. The lowest BCUT2D eigenvalue weighted by molar-refractivity contribution is -0.116. The predicted octanol–water partition coefficient (Wildman–Crippen LogP) is 3.76. The Hall–Kier alpha value is -0.280. The van der Waals surface area contributed by atoms with Crippen molar-refractivity contribution in [3.8, 4) is 0 Å². The van der Waals surface area contributed by atoms with E-state index in [1.807, 2.05) is 6.92 Å². The minimum absolute atomic E-state index is 0.213. The molecule has 0 spiro atoms. The smallest absolute Gasteiger partial charge is 0.299 e. The third-order valence-electron chi connectivity index (χ3n) is 3.06. The van der Waals surface area contributed by atoms with Crippen LogP contribution in [-0.2, 0) is 18.5 Å². The van der Waals surface area contributed by atoms with Crippen molar-refractivity contribution in [3.63, 3.8) is 0 Å². The number of carbonyl (C=O) groups is 1. The predicted molar refractivity (Wildman–Crippen MR) is 78.7 cm³/mol. The van der Waals surface area contributed by atoms with Crippen LogP contribution < -0.4 is 0 Å². The average Bonchev–Trinajstić information content (AvgIpc) is 2.22. The highest BCUT2D eigenvalue weighted by Gasteiger charge is 2.52. The van der Waals surface area contributed by atoms with Gasteiger partial charge in [0.1, 0.15) is 5.78 Å². The van der Waals surface area contributed by atoms with Gasteiger partial charge in [-0.1, -0.05) is 34.1 Å². The highest BCUT2D eigenvalue weighted by molar-refractivity contribution is 8.33. The molecule has 0 aliphatic rings. The first-order valence-corrected chi connectivity index (χ1v) is 10.0. The molecule has 4 nitrogen and oxygen atoms in total. The topological polar surface area (TPSA) is 60.4 Å². The second kappa shape index (κ2) is 6.87. The van der Waals surface area contributed by atoms with Gasteiger partial charge in [0.25, 0.3) is 0 Å². The maximum Gasteiger partial charge on any atom is 0.523 e. The average molecular weight is 352 g/mol. The highest BCUT2D eigenvalue weighted by atomic mass is 32.3. The van der Waals surface area contributed by atoms with E-state index in [2.05, 4.69) is 3.63 Å². The van der Waals surface area contributed by atoms with Crippen LogP contribution in [0.4, 0.5) is 13.2 Å². The molecule has 0 aliphatic heterocycles. The van der Waals surface area contributed by atoms with E-state index < -0.39 is 30.7 Å². The Morgan fingerprint density at radius 3 is 1.95 bits per heavy atom. The van der Waals surface area contributed by atoms with Crippen molar-refractivity contribution in [3.05, 3.63) is 0 Å². The van der Waals surface area contributed by atoms with E-state index in [1.165, 1.54) is 6.26 Å². The first-order chi connectivity index (χ1) is 9.16. The summed E-state index contributed by atoms with van der Waals surface area (Å²) in [5.41, 5.74) is -5.49. The molecule has 0 saturated carbocycles. The molecule has 21 heavy (non-hydrogen) atoms. The maximum absolute atomic E-state index is 12.5. The fraction of sp³-hybridized carbons (Fsp3) is 0.917. The summed E-state index contributed by atoms with van der Waals surface area (Å²) in [6.45, 7) is 6.59. The Balaban J connectivity index is 5.36. The molecule has 1 atom stereocenters. The quantitative estimate of drug-likeness (QED) is 0.655. The van der Waals surface area contributed by atoms with Gasteiger partial charge in [0.15, 0.2) is 0 Å². The van der Waals surface area contributed by atoms with Crippen molar-refractivity contribution in [2.24, 2.45) is 0 Å². The molecule has 9 heteroatoms. The van der Waals surface area contributed by atoms with Crippen LogP contribution in [0.1, 0.15) is 47.0 Å². The molecule has 0 radical (unpaired) electrons. The van der Waals surface area contributed by atoms with Gasteiger partial charge in [-0.2, -0.15) is 21.6 Å². The summed E-state index contributed by atoms with van der Waals surface area (Å²) < 4.78 is 63.7. The summed E-state index contributed by atoms with van der Waals surface area (Å²) in [6.07, 6.45) is 2.91. The van der Waals surface area contributed by atoms with Crippen molar-refractivity contribution in [2.75, 3.05) is 12.0 Å². The van der Waals surface area contributed by atoms with Gasteiger partial charge < -0.3 is 0 Å². The van der Waals surface area contributed by atoms with Gasteiger partial charge in [0.05, 0.1) is 5.75 Å². The Morgan fingerprint density at radius 2 is 1.62 bits per heavy atom. The van der Waals surface area contributed by atoms with Gasteiger partial charge in [0, 0.05) is 11.2 Å². The number of Topliss-reactive ketones (excluding diaryl/α,β-unsaturated/α-hetero) is 1. The van der Waals surface area contributed by atoms with Crippen LogP contribution in [0, 0.1) is 0 Å². The van der Waals surface area contributed by atoms with Crippen LogP contribution in [0.3, 0.4) is 0 Å². The van der Waals surface area contributed by atoms with E-state index in [0.29, 0.717) is 6.42 Å². The third-order valence-corrected chi connectivity index (χ3v) is 9.01. The lowest BCUT2D eigenvalue weighted by atomic mass is 10.2. The largest absolute Gasteiger partial charge is 0.523 e. The number of alkyl halides is 3. The summed E-state index contributed by atoms with van der Waals surface area (Å²) in [5, 5.41) is 0. The normalized spacial score (nSPS) is 18.1. The van der Waals surface area contributed by atoms with Crippen LogP contribution in [0.5, 0.6) is 0 Å². The number of unbranched alkanes of at least 4 members (excludes halogenated alkanes) is 1. The molecule has 0 saturated heterocycles. The molecule has 0 N–H and O–H groups in total. The Bertz CT molecular complexity index is 466. The fourth-order valence-electron chi connectivity index (χ4n) is 1.33. The summed E-state index contributed by atoms with van der Waals surface area (Å²) in [7, 11) is -8.50. The minimum Gasteiger partial charge on any atom is -0.299 e. The van der Waals surface area contributed by atoms with Crippen molar-refractivity contribution >= 4 is 26.2 Å². The summed E-state index contributed by atoms with van der Waals surface area (Å²) >= 11 is 0. The Labute approximate surface area is 126 Å². The number of hydrogen-bond acceptors (Lipinski definition) is 4. The number of carbonyl (C=O) groups excluding carboxylic acids is 1. The van der Waals surface area contributed by atoms with E-state index >= 15 is 0 Å². The van der Waals surface area contributed by atoms with E-state index in [4.69, 9.17) is 0 Å². The van der Waals surface area contributed by atoms with E-state index in [9.17, 15) is 26.4 Å². The van der Waals surface area contributed by atoms with Gasteiger partial charge >= 0.3 is 15.6 Å². The molecule has 0 aliphatic carbocycles. The molecule has 0 aromatic rings. The zero-order valence-corrected chi connectivity index (χ0v) is 14.5. The molecule has 128 valence electrons. The van der Waals surface area contributed by atoms with E-state index in [0.717, 1.165) is 6.42 Å². The Kier molecular flexibility index (Phi) is 6.78. The maximum atomic E-state index is 12.5. The van der Waals surface area contributed by atoms with E-state index in [1.54, 1.807) is 20.8 Å². The summed E-state index contributed by atoms with van der Waals surface area (Å²) in [4.78, 5) is 11.9. The minimum atomic E-state index is -5.72. The van der Waals surface area contributed by atoms with Crippen molar-refractivity contribution in [1.82, 2.24) is 0 Å². The van der Waals surface area contributed by atoms with Crippen LogP contribution >= 0.6 is 10.3 Å². The van der Waals surface area contributed by atoms with E-state index in [-0.39, 0.29) is 18.0 Å². The molecule has 0 aromatic carbocycles. The molecular weight excluding hydrogens is 329 g/mol. The third kappa shape index (κ3) is 5.78. The zero-order valence-electron chi connectivity index (χ0n) is 12.9. The molecule has 0 rings (SSSR count). The number of halogens is 3. The standard InChI is InChI=1S/C12H23F3O4S2/c1-6-7-8-10(16)9-20(5,11(2,3)4)19-21(17,18)12(13,14)15/h6-9H2,1-5H3. The first-order valence-electron chi connectivity index (χ1n) is 6.46. The molecule has 0 fully saturated rings. The number of hydrogen-bond donors (Lipinski definition) is 0. The summed E-state index contributed by atoms with van der Waals surface area (Å²) in [6, 6.07) is 0. The van der Waals surface area contributed by atoms with Crippen LogP contribution in [0.2, 0.25) is 0 Å². The van der Waals surface area contributed by atoms with Gasteiger partial charge in [-0.15, -0.1) is 10.3 Å². The molecule has 0 heterocycles. The summed E-state index contributed by atoms with van der Waals surface area (Å²) in [5.74, 6) is -0.576. The van der Waals surface area contributed by atoms with Crippen molar-refractivity contribution in [2.45, 2.75) is 57.2 Å². The zero-order chi connectivity index (χ0) is 17.1. The second-order valence-corrected chi connectivity index (χ2v) is 11.3. The van der Waals surface area contributed by atoms with Crippen molar-refractivity contribution in [1.29, 1.82) is 0 Å². The monoisotopic (exact) mass is 352 g/mol. The molecular formula is C12H23F3O4S2. The highest BCUT2D eigenvalue weighted by Crippen LogP contribution is 2.59. The number of ketones is 1. The fourth-order valence-corrected chi connectivity index (χ4v) is 5.42. The molecule has 1 unspecified atom stereocenters. The van der Waals surface area contributed by atoms with Gasteiger partial charge in [-0.25, -0.2) is 3.63 Å². The van der Waals surface area contributed by atoms with Gasteiger partial charge in [-0.05, 0) is 12.7 Å². The Morgan fingerprint density at radius 1 is 1.14 bits per heavy atom. The molecule has 0 amide bonds. The lowest BCUT2D eigenvalue weighted by Gasteiger charge is -2.45. The molecule has 0 bridgehead atoms. The second-order valence-electron chi connectivity index (χ2n) is 5.87. The van der Waals surface area contributed by atoms with Crippen LogP contribution in [0.15, 0.2) is 0 Å². The SMILES string of the molecule is CCCCC(=O)CS(C)(OS(=O)(=O)C(F)(F)F)C(C)(C)C.